The molecule has 1 aliphatic rings. The highest BCUT2D eigenvalue weighted by Crippen LogP contribution is 2.24. The minimum atomic E-state index is -0.184. The van der Waals surface area contributed by atoms with E-state index in [1.807, 2.05) is 18.4 Å². The van der Waals surface area contributed by atoms with Gasteiger partial charge in [-0.25, -0.2) is 4.39 Å². The third-order valence-corrected chi connectivity index (χ3v) is 4.20. The molecule has 1 heterocycles. The van der Waals surface area contributed by atoms with E-state index in [0.29, 0.717) is 6.04 Å². The topological polar surface area (TPSA) is 21.3 Å². The number of thioether (sulfide) groups is 1. The number of rotatable bonds is 6. The van der Waals surface area contributed by atoms with Crippen molar-refractivity contribution in [2.24, 2.45) is 0 Å². The fourth-order valence-corrected chi connectivity index (χ4v) is 3.11. The van der Waals surface area contributed by atoms with Crippen LogP contribution < -0.4 is 5.32 Å². The largest absolute Gasteiger partial charge is 0.501 e. The van der Waals surface area contributed by atoms with E-state index in [1.54, 1.807) is 11.8 Å². The highest BCUT2D eigenvalue weighted by molar-refractivity contribution is 7.99. The normalized spacial score (nSPS) is 16.6. The number of halogens is 1. The Hall–Kier alpha value is -1.00. The highest BCUT2D eigenvalue weighted by atomic mass is 32.2. The Morgan fingerprint density at radius 3 is 2.79 bits per heavy atom. The van der Waals surface area contributed by atoms with E-state index in [1.165, 1.54) is 17.7 Å². The first-order chi connectivity index (χ1) is 9.29. The molecule has 0 spiro atoms. The summed E-state index contributed by atoms with van der Waals surface area (Å²) in [6, 6.07) is 7.00. The van der Waals surface area contributed by atoms with Crippen molar-refractivity contribution in [2.75, 3.05) is 18.9 Å². The van der Waals surface area contributed by atoms with Gasteiger partial charge in [-0.15, -0.1) is 11.8 Å². The summed E-state index contributed by atoms with van der Waals surface area (Å²) in [5, 5.41) is 3.49. The van der Waals surface area contributed by atoms with Gasteiger partial charge in [0.15, 0.2) is 0 Å². The molecule has 1 aliphatic heterocycles. The van der Waals surface area contributed by atoms with Gasteiger partial charge in [0.25, 0.3) is 0 Å². The van der Waals surface area contributed by atoms with Crippen LogP contribution in [0.15, 0.2) is 41.0 Å². The van der Waals surface area contributed by atoms with Crippen LogP contribution in [0.3, 0.4) is 0 Å². The van der Waals surface area contributed by atoms with Crippen LogP contribution in [0.4, 0.5) is 4.39 Å². The minimum Gasteiger partial charge on any atom is -0.501 e. The number of hydrogen-bond acceptors (Lipinski definition) is 3. The molecule has 1 aromatic carbocycles. The van der Waals surface area contributed by atoms with E-state index in [0.717, 1.165) is 36.6 Å². The van der Waals surface area contributed by atoms with Crippen molar-refractivity contribution in [3.05, 3.63) is 41.9 Å². The second-order valence-corrected chi connectivity index (χ2v) is 5.64. The lowest BCUT2D eigenvalue weighted by Crippen LogP contribution is -2.34. The van der Waals surface area contributed by atoms with Gasteiger partial charge in [-0.05, 0) is 49.2 Å². The summed E-state index contributed by atoms with van der Waals surface area (Å²) in [5.74, 6) is 0.755. The molecular weight excluding hydrogens is 261 g/mol. The van der Waals surface area contributed by atoms with Crippen molar-refractivity contribution in [2.45, 2.75) is 30.7 Å². The standard InChI is InChI=1S/C15H20FNOS/c1-2-17-15(12-4-3-9-18-10-12)11-19-14-7-5-13(16)6-8-14/h5-8,10,15,17H,2-4,9,11H2,1H3. The number of hydrogen-bond donors (Lipinski definition) is 1. The van der Waals surface area contributed by atoms with Crippen molar-refractivity contribution < 1.29 is 9.13 Å². The van der Waals surface area contributed by atoms with E-state index in [-0.39, 0.29) is 5.82 Å². The molecule has 0 saturated carbocycles. The monoisotopic (exact) mass is 281 g/mol. The van der Waals surface area contributed by atoms with Gasteiger partial charge in [0, 0.05) is 16.7 Å². The molecule has 0 aromatic heterocycles. The zero-order valence-corrected chi connectivity index (χ0v) is 12.0. The second-order valence-electron chi connectivity index (χ2n) is 4.54. The fourth-order valence-electron chi connectivity index (χ4n) is 2.09. The molecule has 1 atom stereocenters. The summed E-state index contributed by atoms with van der Waals surface area (Å²) in [6.07, 6.45) is 4.10. The highest BCUT2D eigenvalue weighted by Gasteiger charge is 2.16. The average molecular weight is 281 g/mol. The van der Waals surface area contributed by atoms with Crippen molar-refractivity contribution in [3.63, 3.8) is 0 Å². The molecule has 4 heteroatoms. The van der Waals surface area contributed by atoms with E-state index in [2.05, 4.69) is 12.2 Å². The molecule has 0 amide bonds. The number of likely N-dealkylation sites (N-methyl/N-ethyl adjacent to an activating group) is 1. The van der Waals surface area contributed by atoms with Gasteiger partial charge in [-0.1, -0.05) is 6.92 Å². The lowest BCUT2D eigenvalue weighted by atomic mass is 10.0. The van der Waals surface area contributed by atoms with Gasteiger partial charge in [0.2, 0.25) is 0 Å². The quantitative estimate of drug-likeness (QED) is 0.805. The molecule has 2 rings (SSSR count). The predicted octanol–water partition coefficient (Wildman–Crippen LogP) is 3.59. The van der Waals surface area contributed by atoms with Gasteiger partial charge in [0.05, 0.1) is 12.9 Å². The first-order valence-corrected chi connectivity index (χ1v) is 7.70. The third-order valence-electron chi connectivity index (χ3n) is 3.09. The molecule has 1 N–H and O–H groups in total. The SMILES string of the molecule is CCNC(CSc1ccc(F)cc1)C1=COCCC1. The number of nitrogens with one attached hydrogen (secondary N) is 1. The first kappa shape index (κ1) is 14.4. The molecule has 0 fully saturated rings. The van der Waals surface area contributed by atoms with Crippen LogP contribution in [0, 0.1) is 5.82 Å². The van der Waals surface area contributed by atoms with Crippen LogP contribution in [0.2, 0.25) is 0 Å². The Kier molecular flexibility index (Phi) is 5.73. The zero-order valence-electron chi connectivity index (χ0n) is 11.2. The summed E-state index contributed by atoms with van der Waals surface area (Å²) < 4.78 is 18.3. The Labute approximate surface area is 118 Å². The Bertz CT molecular complexity index is 419. The Morgan fingerprint density at radius 2 is 2.16 bits per heavy atom. The minimum absolute atomic E-state index is 0.184. The van der Waals surface area contributed by atoms with Gasteiger partial charge >= 0.3 is 0 Å². The van der Waals surface area contributed by atoms with Crippen molar-refractivity contribution >= 4 is 11.8 Å². The summed E-state index contributed by atoms with van der Waals surface area (Å²) in [5.41, 5.74) is 1.34. The van der Waals surface area contributed by atoms with E-state index < -0.39 is 0 Å². The van der Waals surface area contributed by atoms with Gasteiger partial charge in [0.1, 0.15) is 5.82 Å². The van der Waals surface area contributed by atoms with E-state index in [4.69, 9.17) is 4.74 Å². The van der Waals surface area contributed by atoms with Crippen LogP contribution in [0.1, 0.15) is 19.8 Å². The summed E-state index contributed by atoms with van der Waals surface area (Å²) in [6.45, 7) is 3.87. The first-order valence-electron chi connectivity index (χ1n) is 6.72. The van der Waals surface area contributed by atoms with E-state index >= 15 is 0 Å². The fraction of sp³-hybridized carbons (Fsp3) is 0.467. The maximum absolute atomic E-state index is 12.8. The molecule has 1 aromatic rings. The molecule has 2 nitrogen and oxygen atoms in total. The summed E-state index contributed by atoms with van der Waals surface area (Å²) in [7, 11) is 0. The lowest BCUT2D eigenvalue weighted by molar-refractivity contribution is 0.220. The van der Waals surface area contributed by atoms with Gasteiger partial charge < -0.3 is 10.1 Å². The maximum Gasteiger partial charge on any atom is 0.123 e. The molecule has 19 heavy (non-hydrogen) atoms. The van der Waals surface area contributed by atoms with Crippen molar-refractivity contribution in [1.29, 1.82) is 0 Å². The van der Waals surface area contributed by atoms with Crippen molar-refractivity contribution in [1.82, 2.24) is 5.32 Å². The third kappa shape index (κ3) is 4.55. The predicted molar refractivity (Wildman–Crippen MR) is 77.9 cm³/mol. The molecule has 104 valence electrons. The van der Waals surface area contributed by atoms with Crippen LogP contribution in [0.25, 0.3) is 0 Å². The van der Waals surface area contributed by atoms with Crippen molar-refractivity contribution in [3.8, 4) is 0 Å². The zero-order chi connectivity index (χ0) is 13.5. The van der Waals surface area contributed by atoms with Gasteiger partial charge in [-0.2, -0.15) is 0 Å². The average Bonchev–Trinajstić information content (AvgIpc) is 2.46. The van der Waals surface area contributed by atoms with Crippen LogP contribution in [-0.2, 0) is 4.74 Å². The molecule has 1 unspecified atom stereocenters. The maximum atomic E-state index is 12.8. The van der Waals surface area contributed by atoms with Crippen LogP contribution in [0.5, 0.6) is 0 Å². The second kappa shape index (κ2) is 7.56. The van der Waals surface area contributed by atoms with Crippen LogP contribution >= 0.6 is 11.8 Å². The Morgan fingerprint density at radius 1 is 1.37 bits per heavy atom. The summed E-state index contributed by atoms with van der Waals surface area (Å²) >= 11 is 1.75. The lowest BCUT2D eigenvalue weighted by Gasteiger charge is -2.23. The molecular formula is C15H20FNOS. The number of benzene rings is 1. The molecule has 0 radical (unpaired) electrons. The van der Waals surface area contributed by atoms with E-state index in [9.17, 15) is 4.39 Å². The molecule has 0 bridgehead atoms. The molecule has 0 saturated heterocycles. The smallest absolute Gasteiger partial charge is 0.123 e. The van der Waals surface area contributed by atoms with Gasteiger partial charge in [-0.3, -0.25) is 0 Å². The molecule has 0 aliphatic carbocycles. The number of ether oxygens (including phenoxy) is 1. The Balaban J connectivity index is 1.92. The van der Waals surface area contributed by atoms with Crippen LogP contribution in [-0.4, -0.2) is 24.9 Å². The summed E-state index contributed by atoms with van der Waals surface area (Å²) in [4.78, 5) is 1.10.